The minimum absolute atomic E-state index is 1.09. The van der Waals surface area contributed by atoms with E-state index in [1.54, 1.807) is 0 Å². The predicted octanol–water partition coefficient (Wildman–Crippen LogP) is 21.5. The third-order valence-corrected chi connectivity index (χ3v) is 15.5. The summed E-state index contributed by atoms with van der Waals surface area (Å²) in [5, 5.41) is 7.32. The largest absolute Gasteiger partial charge is 0.310 e. The van der Waals surface area contributed by atoms with Crippen molar-refractivity contribution < 1.29 is 0 Å². The zero-order valence-electron chi connectivity index (χ0n) is 42.9. The number of rotatable bonds is 12. The van der Waals surface area contributed by atoms with Gasteiger partial charge in [-0.2, -0.15) is 0 Å². The van der Waals surface area contributed by atoms with Crippen molar-refractivity contribution >= 4 is 66.4 Å². The van der Waals surface area contributed by atoms with Crippen LogP contribution in [0.1, 0.15) is 0 Å². The molecule has 0 aliphatic heterocycles. The molecule has 14 rings (SSSR count). The number of para-hydroxylation sites is 2. The second-order valence-corrected chi connectivity index (χ2v) is 19.9. The lowest BCUT2D eigenvalue weighted by Gasteiger charge is -2.29. The van der Waals surface area contributed by atoms with E-state index in [0.29, 0.717) is 0 Å². The first-order valence-corrected chi connectivity index (χ1v) is 26.8. The SMILES string of the molecule is c1ccc(-c2ccccc2-c2ccccc2-c2ccc(N(c3ccccc3)c3ccc4ccc5c(N(c6ccccc6)c6ccc(-c7ccccc7-c7ccccc7-c7ccccc7)cc6)ccc6ccc3c4c65)cc2)cc1. The van der Waals surface area contributed by atoms with Crippen molar-refractivity contribution in [1.82, 2.24) is 0 Å². The van der Waals surface area contributed by atoms with Crippen LogP contribution >= 0.6 is 0 Å². The molecular formula is C76H52N2. The van der Waals surface area contributed by atoms with E-state index in [1.807, 2.05) is 0 Å². The van der Waals surface area contributed by atoms with Crippen molar-refractivity contribution in [3.63, 3.8) is 0 Å². The molecule has 0 saturated carbocycles. The van der Waals surface area contributed by atoms with Gasteiger partial charge in [-0.15, -0.1) is 0 Å². The fourth-order valence-corrected chi connectivity index (χ4v) is 11.9. The summed E-state index contributed by atoms with van der Waals surface area (Å²) in [6.07, 6.45) is 0. The molecule has 14 aromatic rings. The van der Waals surface area contributed by atoms with Crippen LogP contribution in [0.15, 0.2) is 315 Å². The van der Waals surface area contributed by atoms with Crippen molar-refractivity contribution in [1.29, 1.82) is 0 Å². The monoisotopic (exact) mass is 992 g/mol. The van der Waals surface area contributed by atoms with Crippen LogP contribution < -0.4 is 9.80 Å². The fraction of sp³-hybridized carbons (Fsp3) is 0. The molecule has 0 saturated heterocycles. The summed E-state index contributed by atoms with van der Waals surface area (Å²) < 4.78 is 0. The number of nitrogens with zero attached hydrogens (tertiary/aromatic N) is 2. The number of hydrogen-bond acceptors (Lipinski definition) is 2. The van der Waals surface area contributed by atoms with E-state index in [4.69, 9.17) is 0 Å². The zero-order chi connectivity index (χ0) is 51.8. The Kier molecular flexibility index (Phi) is 11.9. The highest BCUT2D eigenvalue weighted by Gasteiger charge is 2.23. The third kappa shape index (κ3) is 8.34. The van der Waals surface area contributed by atoms with Gasteiger partial charge >= 0.3 is 0 Å². The summed E-state index contributed by atoms with van der Waals surface area (Å²) in [6, 6.07) is 115. The van der Waals surface area contributed by atoms with E-state index in [1.165, 1.54) is 99.1 Å². The maximum absolute atomic E-state index is 2.42. The van der Waals surface area contributed by atoms with Gasteiger partial charge in [-0.25, -0.2) is 0 Å². The smallest absolute Gasteiger partial charge is 0.0540 e. The molecule has 2 nitrogen and oxygen atoms in total. The van der Waals surface area contributed by atoms with Crippen molar-refractivity contribution in [3.05, 3.63) is 315 Å². The van der Waals surface area contributed by atoms with Crippen molar-refractivity contribution in [3.8, 4) is 66.8 Å². The Morgan fingerprint density at radius 3 is 0.731 bits per heavy atom. The maximum atomic E-state index is 2.42. The van der Waals surface area contributed by atoms with Crippen LogP contribution in [0.2, 0.25) is 0 Å². The van der Waals surface area contributed by atoms with Crippen molar-refractivity contribution in [2.75, 3.05) is 9.80 Å². The molecule has 0 fully saturated rings. The van der Waals surface area contributed by atoms with E-state index >= 15 is 0 Å². The summed E-state index contributed by atoms with van der Waals surface area (Å²) in [5.41, 5.74) is 21.1. The van der Waals surface area contributed by atoms with Gasteiger partial charge in [0.1, 0.15) is 0 Å². The Bertz CT molecular complexity index is 4110. The van der Waals surface area contributed by atoms with Crippen molar-refractivity contribution in [2.24, 2.45) is 0 Å². The lowest BCUT2D eigenvalue weighted by molar-refractivity contribution is 1.30. The molecule has 0 bridgehead atoms. The Morgan fingerprint density at radius 2 is 0.410 bits per heavy atom. The van der Waals surface area contributed by atoms with Gasteiger partial charge in [0.15, 0.2) is 0 Å². The molecular weight excluding hydrogens is 941 g/mol. The highest BCUT2D eigenvalue weighted by atomic mass is 15.1. The number of hydrogen-bond donors (Lipinski definition) is 0. The van der Waals surface area contributed by atoms with Gasteiger partial charge in [0.05, 0.1) is 11.4 Å². The average Bonchev–Trinajstić information content (AvgIpc) is 3.72. The van der Waals surface area contributed by atoms with Crippen LogP contribution in [0.4, 0.5) is 34.1 Å². The molecule has 14 aromatic carbocycles. The van der Waals surface area contributed by atoms with E-state index in [9.17, 15) is 0 Å². The van der Waals surface area contributed by atoms with E-state index in [-0.39, 0.29) is 0 Å². The Labute approximate surface area is 456 Å². The zero-order valence-corrected chi connectivity index (χ0v) is 42.9. The molecule has 0 aliphatic rings. The Balaban J connectivity index is 0.867. The lowest BCUT2D eigenvalue weighted by atomic mass is 9.89. The molecule has 0 radical (unpaired) electrons. The van der Waals surface area contributed by atoms with Gasteiger partial charge in [-0.3, -0.25) is 0 Å². The molecule has 78 heavy (non-hydrogen) atoms. The number of anilines is 6. The van der Waals surface area contributed by atoms with E-state index in [2.05, 4.69) is 325 Å². The first kappa shape index (κ1) is 46.3. The van der Waals surface area contributed by atoms with Crippen LogP contribution in [0.5, 0.6) is 0 Å². The van der Waals surface area contributed by atoms with Crippen molar-refractivity contribution in [2.45, 2.75) is 0 Å². The summed E-state index contributed by atoms with van der Waals surface area (Å²) >= 11 is 0. The summed E-state index contributed by atoms with van der Waals surface area (Å²) in [4.78, 5) is 4.84. The number of benzene rings is 14. The van der Waals surface area contributed by atoms with Crippen LogP contribution in [0, 0.1) is 0 Å². The highest BCUT2D eigenvalue weighted by Crippen LogP contribution is 2.49. The Hall–Kier alpha value is -10.3. The molecule has 0 atom stereocenters. The molecule has 0 heterocycles. The topological polar surface area (TPSA) is 6.48 Å². The predicted molar refractivity (Wildman–Crippen MR) is 332 cm³/mol. The lowest BCUT2D eigenvalue weighted by Crippen LogP contribution is -2.11. The minimum Gasteiger partial charge on any atom is -0.310 e. The molecule has 0 unspecified atom stereocenters. The quantitative estimate of drug-likeness (QED) is 0.113. The van der Waals surface area contributed by atoms with Gasteiger partial charge in [0, 0.05) is 33.5 Å². The van der Waals surface area contributed by atoms with Gasteiger partial charge < -0.3 is 9.80 Å². The standard InChI is InChI=1S/C76H52N2/c1-5-21-53(22-6-1)63-29-13-17-33-67(63)69-35-19-15-31-65(69)55-37-45-61(46-38-55)77(59-25-9-3-10-26-59)73-51-43-57-42-50-72-74(52-44-58-41-49-71(73)75(57)76(58)72)78(60-27-11-4-12-28-60)62-47-39-56(40-48-62)66-32-16-20-36-70(66)68-34-18-14-30-64(68)54-23-7-2-8-24-54/h1-52H. The minimum atomic E-state index is 1.09. The van der Waals surface area contributed by atoms with Gasteiger partial charge in [0.2, 0.25) is 0 Å². The maximum Gasteiger partial charge on any atom is 0.0540 e. The van der Waals surface area contributed by atoms with Gasteiger partial charge in [0.25, 0.3) is 0 Å². The third-order valence-electron chi connectivity index (χ3n) is 15.5. The van der Waals surface area contributed by atoms with Crippen LogP contribution in [-0.2, 0) is 0 Å². The van der Waals surface area contributed by atoms with Crippen LogP contribution in [-0.4, -0.2) is 0 Å². The van der Waals surface area contributed by atoms with E-state index < -0.39 is 0 Å². The first-order chi connectivity index (χ1) is 38.7. The summed E-state index contributed by atoms with van der Waals surface area (Å²) in [5.74, 6) is 0. The average molecular weight is 993 g/mol. The summed E-state index contributed by atoms with van der Waals surface area (Å²) in [6.45, 7) is 0. The van der Waals surface area contributed by atoms with Crippen LogP contribution in [0.3, 0.4) is 0 Å². The highest BCUT2D eigenvalue weighted by molar-refractivity contribution is 6.28. The second kappa shape index (κ2) is 20.1. The van der Waals surface area contributed by atoms with Gasteiger partial charge in [-0.1, -0.05) is 255 Å². The molecule has 366 valence electrons. The summed E-state index contributed by atoms with van der Waals surface area (Å²) in [7, 11) is 0. The molecule has 0 N–H and O–H groups in total. The fourth-order valence-electron chi connectivity index (χ4n) is 11.9. The molecule has 0 spiro atoms. The molecule has 0 aliphatic carbocycles. The molecule has 2 heteroatoms. The van der Waals surface area contributed by atoms with Crippen LogP contribution in [0.25, 0.3) is 99.1 Å². The molecule has 0 amide bonds. The first-order valence-electron chi connectivity index (χ1n) is 26.8. The van der Waals surface area contributed by atoms with E-state index in [0.717, 1.165) is 34.1 Å². The Morgan fingerprint density at radius 1 is 0.167 bits per heavy atom. The normalized spacial score (nSPS) is 11.3. The molecule has 0 aromatic heterocycles. The van der Waals surface area contributed by atoms with Gasteiger partial charge in [-0.05, 0) is 149 Å². The second-order valence-electron chi connectivity index (χ2n) is 19.9.